The molecule has 0 amide bonds. The Hall–Kier alpha value is -3.00. The molecule has 5 nitrogen and oxygen atoms in total. The summed E-state index contributed by atoms with van der Waals surface area (Å²) in [6.45, 7) is 5.22. The zero-order chi connectivity index (χ0) is 16.1. The third kappa shape index (κ3) is 2.86. The van der Waals surface area contributed by atoms with E-state index in [0.717, 1.165) is 5.56 Å². The van der Waals surface area contributed by atoms with Gasteiger partial charge >= 0.3 is 5.97 Å². The molecule has 0 bridgehead atoms. The monoisotopic (exact) mass is 296 g/mol. The van der Waals surface area contributed by atoms with E-state index in [0.29, 0.717) is 5.76 Å². The zero-order valence-electron chi connectivity index (χ0n) is 12.2. The summed E-state index contributed by atoms with van der Waals surface area (Å²) in [4.78, 5) is 12.3. The van der Waals surface area contributed by atoms with E-state index in [1.54, 1.807) is 6.92 Å². The Kier molecular flexibility index (Phi) is 4.64. The minimum Gasteiger partial charge on any atom is -0.458 e. The van der Waals surface area contributed by atoms with E-state index < -0.39 is 11.9 Å². The van der Waals surface area contributed by atoms with Gasteiger partial charge in [0.2, 0.25) is 5.88 Å². The number of esters is 1. The first-order valence-electron chi connectivity index (χ1n) is 6.71. The topological polar surface area (TPSA) is 85.3 Å². The molecule has 0 fully saturated rings. The summed E-state index contributed by atoms with van der Waals surface area (Å²) < 4.78 is 10.5. The van der Waals surface area contributed by atoms with Crippen LogP contribution in [0, 0.1) is 11.3 Å². The van der Waals surface area contributed by atoms with Gasteiger partial charge in [0.15, 0.2) is 0 Å². The van der Waals surface area contributed by atoms with Crippen LogP contribution in [0.2, 0.25) is 0 Å². The predicted octanol–water partition coefficient (Wildman–Crippen LogP) is 2.50. The van der Waals surface area contributed by atoms with Crippen LogP contribution in [-0.4, -0.2) is 12.6 Å². The summed E-state index contributed by atoms with van der Waals surface area (Å²) in [5.41, 5.74) is 7.05. The van der Waals surface area contributed by atoms with Crippen molar-refractivity contribution in [3.05, 3.63) is 71.3 Å². The molecular formula is C17H16N2O3. The van der Waals surface area contributed by atoms with Crippen molar-refractivity contribution in [2.24, 2.45) is 5.73 Å². The second kappa shape index (κ2) is 6.64. The molecule has 1 aliphatic rings. The largest absolute Gasteiger partial charge is 0.458 e. The molecular weight excluding hydrogens is 280 g/mol. The number of ether oxygens (including phenoxy) is 2. The average Bonchev–Trinajstić information content (AvgIpc) is 2.52. The second-order valence-corrected chi connectivity index (χ2v) is 4.69. The van der Waals surface area contributed by atoms with Gasteiger partial charge in [-0.1, -0.05) is 43.0 Å². The van der Waals surface area contributed by atoms with Gasteiger partial charge in [-0.05, 0) is 12.5 Å². The molecule has 0 unspecified atom stereocenters. The van der Waals surface area contributed by atoms with Crippen molar-refractivity contribution >= 4 is 5.97 Å². The number of allylic oxidation sites excluding steroid dienone is 2. The molecule has 0 saturated carbocycles. The quantitative estimate of drug-likeness (QED) is 0.681. The van der Waals surface area contributed by atoms with Crippen molar-refractivity contribution < 1.29 is 14.3 Å². The first-order valence-corrected chi connectivity index (χ1v) is 6.71. The fraction of sp³-hybridized carbons (Fsp3) is 0.176. The number of hydrogen-bond donors (Lipinski definition) is 1. The van der Waals surface area contributed by atoms with Crippen LogP contribution in [0.1, 0.15) is 18.4 Å². The van der Waals surface area contributed by atoms with Crippen LogP contribution in [-0.2, 0) is 14.3 Å². The van der Waals surface area contributed by atoms with E-state index >= 15 is 0 Å². The standard InChI is InChI=1S/C17H16N2O3/c1-3-9-21-17(20)14-11(2)22-16(19)13(10-18)15(14)12-7-5-4-6-8-12/h3-8,15H,1,9,19H2,2H3/t15-/m0/s1. The number of carbonyl (C=O) groups excluding carboxylic acids is 1. The number of nitrogens with zero attached hydrogens (tertiary/aromatic N) is 1. The molecule has 22 heavy (non-hydrogen) atoms. The maximum Gasteiger partial charge on any atom is 0.338 e. The lowest BCUT2D eigenvalue weighted by Gasteiger charge is -2.26. The van der Waals surface area contributed by atoms with Crippen molar-refractivity contribution in [2.45, 2.75) is 12.8 Å². The molecule has 1 heterocycles. The van der Waals surface area contributed by atoms with Gasteiger partial charge in [0.1, 0.15) is 24.0 Å². The fourth-order valence-electron chi connectivity index (χ4n) is 2.34. The summed E-state index contributed by atoms with van der Waals surface area (Å²) in [6.07, 6.45) is 1.48. The summed E-state index contributed by atoms with van der Waals surface area (Å²) in [7, 11) is 0. The molecule has 1 aromatic rings. The highest BCUT2D eigenvalue weighted by Gasteiger charge is 2.36. The van der Waals surface area contributed by atoms with Gasteiger partial charge in [-0.2, -0.15) is 5.26 Å². The lowest BCUT2D eigenvalue weighted by atomic mass is 9.83. The van der Waals surface area contributed by atoms with Crippen molar-refractivity contribution in [2.75, 3.05) is 6.61 Å². The molecule has 1 aromatic carbocycles. The van der Waals surface area contributed by atoms with Crippen LogP contribution >= 0.6 is 0 Å². The van der Waals surface area contributed by atoms with E-state index in [2.05, 4.69) is 6.58 Å². The van der Waals surface area contributed by atoms with E-state index in [1.807, 2.05) is 36.4 Å². The number of benzene rings is 1. The maximum atomic E-state index is 12.3. The lowest BCUT2D eigenvalue weighted by Crippen LogP contribution is -2.25. The molecule has 2 rings (SSSR count). The maximum absolute atomic E-state index is 12.3. The highest BCUT2D eigenvalue weighted by atomic mass is 16.5. The molecule has 0 radical (unpaired) electrons. The Morgan fingerprint density at radius 1 is 1.50 bits per heavy atom. The Bertz CT molecular complexity index is 696. The Balaban J connectivity index is 2.53. The number of hydrogen-bond acceptors (Lipinski definition) is 5. The molecule has 2 N–H and O–H groups in total. The highest BCUT2D eigenvalue weighted by molar-refractivity contribution is 5.92. The van der Waals surface area contributed by atoms with Crippen LogP contribution in [0.15, 0.2) is 65.8 Å². The number of rotatable bonds is 4. The van der Waals surface area contributed by atoms with Crippen LogP contribution in [0.25, 0.3) is 0 Å². The Labute approximate surface area is 128 Å². The molecule has 0 aliphatic carbocycles. The van der Waals surface area contributed by atoms with Crippen molar-refractivity contribution in [3.8, 4) is 6.07 Å². The molecule has 112 valence electrons. The molecule has 5 heteroatoms. The predicted molar refractivity (Wildman–Crippen MR) is 81.0 cm³/mol. The number of nitriles is 1. The van der Waals surface area contributed by atoms with Crippen LogP contribution in [0.5, 0.6) is 0 Å². The van der Waals surface area contributed by atoms with Crippen LogP contribution in [0.4, 0.5) is 0 Å². The van der Waals surface area contributed by atoms with Crippen molar-refractivity contribution in [1.29, 1.82) is 5.26 Å². The van der Waals surface area contributed by atoms with Gasteiger partial charge in [-0.3, -0.25) is 0 Å². The molecule has 0 aromatic heterocycles. The molecule has 0 spiro atoms. The minimum atomic E-state index is -0.600. The minimum absolute atomic E-state index is 0.00845. The smallest absolute Gasteiger partial charge is 0.338 e. The van der Waals surface area contributed by atoms with Gasteiger partial charge in [-0.25, -0.2) is 4.79 Å². The molecule has 0 saturated heterocycles. The van der Waals surface area contributed by atoms with Crippen LogP contribution in [0.3, 0.4) is 0 Å². The Morgan fingerprint density at radius 2 is 2.18 bits per heavy atom. The third-order valence-electron chi connectivity index (χ3n) is 3.29. The van der Waals surface area contributed by atoms with E-state index in [-0.39, 0.29) is 23.6 Å². The zero-order valence-corrected chi connectivity index (χ0v) is 12.2. The van der Waals surface area contributed by atoms with Gasteiger partial charge in [0, 0.05) is 0 Å². The first kappa shape index (κ1) is 15.4. The average molecular weight is 296 g/mol. The van der Waals surface area contributed by atoms with Gasteiger partial charge in [0.05, 0.1) is 11.5 Å². The first-order chi connectivity index (χ1) is 10.6. The van der Waals surface area contributed by atoms with Crippen molar-refractivity contribution in [3.63, 3.8) is 0 Å². The summed E-state index contributed by atoms with van der Waals surface area (Å²) in [5, 5.41) is 9.40. The van der Waals surface area contributed by atoms with Gasteiger partial charge in [-0.15, -0.1) is 0 Å². The summed E-state index contributed by atoms with van der Waals surface area (Å²) in [5.74, 6) is -0.808. The van der Waals surface area contributed by atoms with E-state index in [1.165, 1.54) is 6.08 Å². The van der Waals surface area contributed by atoms with Gasteiger partial charge < -0.3 is 15.2 Å². The summed E-state index contributed by atoms with van der Waals surface area (Å²) in [6, 6.07) is 11.2. The Morgan fingerprint density at radius 3 is 2.77 bits per heavy atom. The lowest BCUT2D eigenvalue weighted by molar-refractivity contribution is -0.138. The molecule has 1 aliphatic heterocycles. The summed E-state index contributed by atoms with van der Waals surface area (Å²) >= 11 is 0. The number of nitrogens with two attached hydrogens (primary N) is 1. The highest BCUT2D eigenvalue weighted by Crippen LogP contribution is 2.39. The number of carbonyl (C=O) groups is 1. The molecule has 1 atom stereocenters. The normalized spacial score (nSPS) is 17.5. The van der Waals surface area contributed by atoms with Crippen molar-refractivity contribution in [1.82, 2.24) is 0 Å². The second-order valence-electron chi connectivity index (χ2n) is 4.69. The fourth-order valence-corrected chi connectivity index (χ4v) is 2.34. The van der Waals surface area contributed by atoms with Gasteiger partial charge in [0.25, 0.3) is 0 Å². The van der Waals surface area contributed by atoms with Crippen LogP contribution < -0.4 is 5.73 Å². The third-order valence-corrected chi connectivity index (χ3v) is 3.29. The SMILES string of the molecule is C=CCOC(=O)C1=C(C)OC(N)=C(C#N)[C@@H]1c1ccccc1. The van der Waals surface area contributed by atoms with E-state index in [4.69, 9.17) is 15.2 Å². The van der Waals surface area contributed by atoms with E-state index in [9.17, 15) is 10.1 Å².